The number of benzene rings is 2. The number of aromatic nitrogens is 4. The molecule has 24 heavy (non-hydrogen) atoms. The molecule has 0 saturated heterocycles. The monoisotopic (exact) mass is 326 g/mol. The van der Waals surface area contributed by atoms with Crippen molar-refractivity contribution in [1.82, 2.24) is 20.2 Å². The van der Waals surface area contributed by atoms with Gasteiger partial charge in [0.25, 0.3) is 0 Å². The molecule has 0 aliphatic rings. The highest BCUT2D eigenvalue weighted by Crippen LogP contribution is 2.15. The Kier molecular flexibility index (Phi) is 4.60. The van der Waals surface area contributed by atoms with Gasteiger partial charge in [-0.15, -0.1) is 5.10 Å². The molecule has 1 heterocycles. The van der Waals surface area contributed by atoms with E-state index in [1.54, 1.807) is 19.1 Å². The summed E-state index contributed by atoms with van der Waals surface area (Å²) in [7, 11) is 0. The normalized spacial score (nSPS) is 10.6. The minimum absolute atomic E-state index is 0.0722. The Hall–Kier alpha value is -3.09. The second kappa shape index (κ2) is 6.99. The van der Waals surface area contributed by atoms with Gasteiger partial charge in [0, 0.05) is 5.56 Å². The minimum Gasteiger partial charge on any atom is -0.459 e. The molecular formula is C17H15FN4O2. The lowest BCUT2D eigenvalue weighted by Gasteiger charge is -2.07. The molecule has 0 radical (unpaired) electrons. The topological polar surface area (TPSA) is 69.9 Å². The maximum Gasteiger partial charge on any atom is 0.328 e. The Labute approximate surface area is 137 Å². The molecule has 2 aromatic carbocycles. The van der Waals surface area contributed by atoms with Crippen molar-refractivity contribution in [2.24, 2.45) is 0 Å². The van der Waals surface area contributed by atoms with Crippen LogP contribution >= 0.6 is 0 Å². The van der Waals surface area contributed by atoms with Gasteiger partial charge >= 0.3 is 5.97 Å². The lowest BCUT2D eigenvalue weighted by atomic mass is 10.1. The fourth-order valence-corrected chi connectivity index (χ4v) is 2.23. The Bertz CT molecular complexity index is 849. The molecule has 0 aliphatic heterocycles. The molecule has 0 aliphatic carbocycles. The summed E-state index contributed by atoms with van der Waals surface area (Å²) in [5.41, 5.74) is 2.04. The van der Waals surface area contributed by atoms with E-state index in [1.165, 1.54) is 10.7 Å². The highest BCUT2D eigenvalue weighted by molar-refractivity contribution is 5.70. The summed E-state index contributed by atoms with van der Waals surface area (Å²) in [6, 6.07) is 13.9. The number of ether oxygens (including phenoxy) is 1. The van der Waals surface area contributed by atoms with Gasteiger partial charge in [-0.2, -0.15) is 0 Å². The Morgan fingerprint density at radius 1 is 1.21 bits per heavy atom. The molecular weight excluding hydrogens is 311 g/mol. The summed E-state index contributed by atoms with van der Waals surface area (Å²) in [6.45, 7) is 1.63. The second-order valence-electron chi connectivity index (χ2n) is 5.27. The highest BCUT2D eigenvalue weighted by atomic mass is 19.1. The van der Waals surface area contributed by atoms with E-state index in [1.807, 2.05) is 30.3 Å². The summed E-state index contributed by atoms with van der Waals surface area (Å²) < 4.78 is 19.8. The summed E-state index contributed by atoms with van der Waals surface area (Å²) in [5.74, 6) is -0.266. The zero-order chi connectivity index (χ0) is 16.9. The zero-order valence-corrected chi connectivity index (χ0v) is 13.0. The lowest BCUT2D eigenvalue weighted by molar-refractivity contribution is -0.145. The van der Waals surface area contributed by atoms with E-state index >= 15 is 0 Å². The molecule has 0 unspecified atom stereocenters. The van der Waals surface area contributed by atoms with Gasteiger partial charge in [-0.1, -0.05) is 36.4 Å². The molecule has 0 atom stereocenters. The zero-order valence-electron chi connectivity index (χ0n) is 13.0. The predicted molar refractivity (Wildman–Crippen MR) is 84.2 cm³/mol. The van der Waals surface area contributed by atoms with Crippen molar-refractivity contribution in [3.05, 3.63) is 65.5 Å². The number of rotatable bonds is 5. The first-order valence-corrected chi connectivity index (χ1v) is 7.36. The van der Waals surface area contributed by atoms with Gasteiger partial charge < -0.3 is 4.74 Å². The fraction of sp³-hybridized carbons (Fsp3) is 0.176. The van der Waals surface area contributed by atoms with Crippen LogP contribution in [0.3, 0.4) is 0 Å². The van der Waals surface area contributed by atoms with Crippen LogP contribution in [0, 0.1) is 12.7 Å². The number of tetrazole rings is 1. The third-order valence-electron chi connectivity index (χ3n) is 3.46. The van der Waals surface area contributed by atoms with Crippen LogP contribution in [0.4, 0.5) is 4.39 Å². The summed E-state index contributed by atoms with van der Waals surface area (Å²) in [4.78, 5) is 12.0. The van der Waals surface area contributed by atoms with E-state index < -0.39 is 5.97 Å². The van der Waals surface area contributed by atoms with Crippen molar-refractivity contribution in [2.45, 2.75) is 20.1 Å². The first kappa shape index (κ1) is 15.8. The second-order valence-corrected chi connectivity index (χ2v) is 5.27. The smallest absolute Gasteiger partial charge is 0.328 e. The number of nitrogens with zero attached hydrogens (tertiary/aromatic N) is 4. The minimum atomic E-state index is -0.471. The first-order valence-electron chi connectivity index (χ1n) is 7.36. The average Bonchev–Trinajstić information content (AvgIpc) is 3.05. The van der Waals surface area contributed by atoms with Gasteiger partial charge in [-0.3, -0.25) is 4.79 Å². The molecule has 3 aromatic rings. The Morgan fingerprint density at radius 2 is 2.00 bits per heavy atom. The number of carbonyl (C=O) groups excluding carboxylic acids is 1. The molecule has 122 valence electrons. The molecule has 0 saturated carbocycles. The molecule has 1 aromatic heterocycles. The summed E-state index contributed by atoms with van der Waals surface area (Å²) >= 11 is 0. The summed E-state index contributed by atoms with van der Waals surface area (Å²) in [5, 5.41) is 11.4. The van der Waals surface area contributed by atoms with Crippen LogP contribution < -0.4 is 0 Å². The van der Waals surface area contributed by atoms with Crippen molar-refractivity contribution in [1.29, 1.82) is 0 Å². The van der Waals surface area contributed by atoms with Gasteiger partial charge in [0.15, 0.2) is 5.82 Å². The van der Waals surface area contributed by atoms with Gasteiger partial charge in [0.2, 0.25) is 0 Å². The molecule has 3 rings (SSSR count). The van der Waals surface area contributed by atoms with Crippen LogP contribution in [0.25, 0.3) is 11.4 Å². The number of esters is 1. The van der Waals surface area contributed by atoms with E-state index in [4.69, 9.17) is 4.74 Å². The van der Waals surface area contributed by atoms with Gasteiger partial charge in [0.1, 0.15) is 19.0 Å². The first-order chi connectivity index (χ1) is 11.6. The van der Waals surface area contributed by atoms with Crippen molar-refractivity contribution < 1.29 is 13.9 Å². The van der Waals surface area contributed by atoms with E-state index in [0.717, 1.165) is 11.1 Å². The van der Waals surface area contributed by atoms with Crippen LogP contribution in [-0.2, 0) is 22.7 Å². The van der Waals surface area contributed by atoms with E-state index in [2.05, 4.69) is 15.5 Å². The SMILES string of the molecule is Cc1cc(COC(=O)Cn2nnnc2-c2ccccc2)ccc1F. The number of halogens is 1. The maximum absolute atomic E-state index is 13.2. The Morgan fingerprint density at radius 3 is 2.75 bits per heavy atom. The molecule has 0 N–H and O–H groups in total. The predicted octanol–water partition coefficient (Wildman–Crippen LogP) is 2.53. The van der Waals surface area contributed by atoms with Crippen LogP contribution in [-0.4, -0.2) is 26.2 Å². The lowest BCUT2D eigenvalue weighted by Crippen LogP contribution is -2.15. The molecule has 6 nitrogen and oxygen atoms in total. The quantitative estimate of drug-likeness (QED) is 0.674. The number of carbonyl (C=O) groups is 1. The van der Waals surface area contributed by atoms with Crippen LogP contribution in [0.1, 0.15) is 11.1 Å². The van der Waals surface area contributed by atoms with E-state index in [-0.39, 0.29) is 19.0 Å². The molecule has 0 bridgehead atoms. The largest absolute Gasteiger partial charge is 0.459 e. The van der Waals surface area contributed by atoms with E-state index in [0.29, 0.717) is 11.4 Å². The van der Waals surface area contributed by atoms with Crippen LogP contribution in [0.2, 0.25) is 0 Å². The van der Waals surface area contributed by atoms with Gasteiger partial charge in [-0.05, 0) is 40.6 Å². The third-order valence-corrected chi connectivity index (χ3v) is 3.46. The molecule has 0 fully saturated rings. The van der Waals surface area contributed by atoms with Crippen molar-refractivity contribution in [3.8, 4) is 11.4 Å². The van der Waals surface area contributed by atoms with Crippen molar-refractivity contribution in [3.63, 3.8) is 0 Å². The number of aryl methyl sites for hydroxylation is 1. The van der Waals surface area contributed by atoms with Crippen molar-refractivity contribution in [2.75, 3.05) is 0 Å². The van der Waals surface area contributed by atoms with E-state index in [9.17, 15) is 9.18 Å². The van der Waals surface area contributed by atoms with Gasteiger partial charge in [0.05, 0.1) is 0 Å². The maximum atomic E-state index is 13.2. The van der Waals surface area contributed by atoms with Crippen LogP contribution in [0.15, 0.2) is 48.5 Å². The number of hydrogen-bond donors (Lipinski definition) is 0. The molecule has 7 heteroatoms. The highest BCUT2D eigenvalue weighted by Gasteiger charge is 2.13. The standard InChI is InChI=1S/C17H15FN4O2/c1-12-9-13(7-8-15(12)18)11-24-16(23)10-22-17(19-20-21-22)14-5-3-2-4-6-14/h2-9H,10-11H2,1H3. The molecule has 0 amide bonds. The fourth-order valence-electron chi connectivity index (χ4n) is 2.23. The van der Waals surface area contributed by atoms with Gasteiger partial charge in [-0.25, -0.2) is 9.07 Å². The number of hydrogen-bond acceptors (Lipinski definition) is 5. The average molecular weight is 326 g/mol. The van der Waals surface area contributed by atoms with Crippen molar-refractivity contribution >= 4 is 5.97 Å². The van der Waals surface area contributed by atoms with Crippen LogP contribution in [0.5, 0.6) is 0 Å². The molecule has 0 spiro atoms. The Balaban J connectivity index is 1.64. The third kappa shape index (κ3) is 3.62. The summed E-state index contributed by atoms with van der Waals surface area (Å²) in [6.07, 6.45) is 0.